The molecule has 0 bridgehead atoms. The molecule has 3 aromatic carbocycles. The molecule has 0 unspecified atom stereocenters. The van der Waals surface area contributed by atoms with Gasteiger partial charge in [-0.25, -0.2) is 37.6 Å². The molecule has 0 aliphatic rings. The third-order valence-electron chi connectivity index (χ3n) is 15.8. The Balaban J connectivity index is 0.000000166. The predicted octanol–water partition coefficient (Wildman–Crippen LogP) is 7.27. The average Bonchev–Trinajstić information content (AvgIpc) is 1.63. The number of halogens is 1. The molecule has 0 atom stereocenters. The molecule has 16 heterocycles. The average molecular weight is 1680 g/mol. The molecular weight excluding hydrogens is 1620 g/mol. The molecule has 0 spiro atoms. The Hall–Kier alpha value is -10.2. The van der Waals surface area contributed by atoms with Gasteiger partial charge in [-0.05, 0) is 107 Å². The number of hydrogen-bond acceptors (Lipinski definition) is 19. The summed E-state index contributed by atoms with van der Waals surface area (Å²) in [5.74, 6) is 3.49. The fourth-order valence-electron chi connectivity index (χ4n) is 10.9. The second-order valence-corrected chi connectivity index (χ2v) is 25.3. The van der Waals surface area contributed by atoms with Gasteiger partial charge in [0.2, 0.25) is 0 Å². The monoisotopic (exact) mass is 1680 g/mol. The van der Waals surface area contributed by atoms with Gasteiger partial charge >= 0.3 is 109 Å². The normalized spacial score (nSPS) is 10.7. The van der Waals surface area contributed by atoms with Crippen molar-refractivity contribution in [2.24, 2.45) is 0 Å². The maximum Gasteiger partial charge on any atom is 3.00 e. The van der Waals surface area contributed by atoms with Gasteiger partial charge < -0.3 is 93.6 Å². The van der Waals surface area contributed by atoms with Crippen LogP contribution in [-0.2, 0) is 16.6 Å². The topological polar surface area (TPSA) is 375 Å². The zero-order chi connectivity index (χ0) is 72.6. The number of imidazole rings is 6. The summed E-state index contributed by atoms with van der Waals surface area (Å²) in [7, 11) is -3.50. The molecule has 0 aliphatic heterocycles. The summed E-state index contributed by atoms with van der Waals surface area (Å²) in [5.41, 5.74) is 15.9. The van der Waals surface area contributed by atoms with Crippen molar-refractivity contribution in [3.8, 4) is 73.9 Å². The van der Waals surface area contributed by atoms with Gasteiger partial charge in [0, 0.05) is 90.0 Å². The smallest absolute Gasteiger partial charge is 0.506 e. The summed E-state index contributed by atoms with van der Waals surface area (Å²) in [5, 5.41) is 43.5. The van der Waals surface area contributed by atoms with Crippen molar-refractivity contribution >= 4 is 171 Å². The number of H-pyrrole nitrogens is 1. The number of sulfonamides is 1. The van der Waals surface area contributed by atoms with Gasteiger partial charge in [0.05, 0.1) is 57.7 Å². The first-order valence-corrected chi connectivity index (χ1v) is 34.9. The van der Waals surface area contributed by atoms with Crippen LogP contribution in [0.3, 0.4) is 0 Å². The molecule has 41 heteroatoms. The molecule has 33 nitrogen and oxygen atoms in total. The van der Waals surface area contributed by atoms with Crippen LogP contribution in [0.4, 0.5) is 5.82 Å². The Kier molecular flexibility index (Phi) is 30.5. The Bertz CT molecular complexity index is 6110. The summed E-state index contributed by atoms with van der Waals surface area (Å²) >= 11 is 5.83. The number of fused-ring (bicyclic) bond motifs is 6. The van der Waals surface area contributed by atoms with Gasteiger partial charge in [-0.2, -0.15) is 5.10 Å². The molecule has 19 rings (SSSR count). The molecule has 19 aromatic rings. The summed E-state index contributed by atoms with van der Waals surface area (Å²) in [6.45, 7) is 14.9. The zero-order valence-corrected chi connectivity index (χ0v) is 71.8. The van der Waals surface area contributed by atoms with E-state index in [-0.39, 0.29) is 115 Å². The van der Waals surface area contributed by atoms with Crippen molar-refractivity contribution in [2.75, 3.05) is 19.3 Å². The molecule has 0 amide bonds. The van der Waals surface area contributed by atoms with Gasteiger partial charge in [-0.1, -0.05) is 135 Å². The van der Waals surface area contributed by atoms with Crippen molar-refractivity contribution in [3.05, 3.63) is 246 Å². The molecule has 0 radical (unpaired) electrons. The number of hydrogen-bond donors (Lipinski definition) is 1. The van der Waals surface area contributed by atoms with E-state index in [0.29, 0.717) is 33.8 Å². The number of nitrogens with one attached hydrogen (secondary N) is 1. The summed E-state index contributed by atoms with van der Waals surface area (Å²) < 4.78 is 37.6. The number of aromatic nitrogens is 29. The van der Waals surface area contributed by atoms with Gasteiger partial charge in [-0.3, -0.25) is 25.0 Å². The van der Waals surface area contributed by atoms with E-state index >= 15 is 0 Å². The van der Waals surface area contributed by atoms with Gasteiger partial charge in [0.1, 0.15) is 22.7 Å². The standard InChI is InChI=1S/C15H10N5.C15H18N5.C11H10N5O2S.2C10H8N5.C9H8ClN6.4Al.2Ga/c1-2-6-11(7-3-1)15-14(12-8-4-5-9-16-12)18-13-10-17-19-20(13)15;1-3-19(4-2)10-13-11-20-15(16-13)17-14(18-20)12-8-6-5-7-9-12;1-19(17,18)14-10-11-12-7-9(16(11)15-13-10)8-5-3-2-4-6-8;1-7-12-10-13-9(6-15(10)14-7)8-4-2-3-5-11-8;1-7-6-12-10-9(13-14-15(7)10)8-4-2-3-5-11-8;1-5-3-6(2)16(13-5)7-4-15-9(11-7)8(10)12-14-15;;;;;;/h1-10H;5-9,11H,3-4,10H2,1-2H3;2-7,15H,1H3;2*2-6H,1H3;3-4H,1-2H3;;;;;;/q6*-1;6*+3. The van der Waals surface area contributed by atoms with Crippen LogP contribution in [0.15, 0.2) is 207 Å². The van der Waals surface area contributed by atoms with E-state index in [0.717, 1.165) is 134 Å². The van der Waals surface area contributed by atoms with Crippen molar-refractivity contribution < 1.29 is 8.42 Å². The summed E-state index contributed by atoms with van der Waals surface area (Å²) in [6.07, 6.45) is 16.9. The Morgan fingerprint density at radius 2 is 1.15 bits per heavy atom. The number of rotatable bonds is 13. The number of pyridine rings is 3. The molecular formula is C70H62Al4ClGa2N31O2S+12. The zero-order valence-electron chi connectivity index (χ0n) is 60.7. The summed E-state index contributed by atoms with van der Waals surface area (Å²) in [6, 6.07) is 48.8. The van der Waals surface area contributed by atoms with E-state index in [1.54, 1.807) is 70.6 Å². The molecule has 16 aromatic heterocycles. The Morgan fingerprint density at radius 3 is 1.75 bits per heavy atom. The second-order valence-electron chi connectivity index (χ2n) is 23.3. The molecule has 1 N–H and O–H groups in total. The molecule has 0 aliphatic carbocycles. The number of nitrogens with zero attached hydrogens (tertiary/aromatic N) is 30. The van der Waals surface area contributed by atoms with E-state index in [4.69, 9.17) is 11.6 Å². The van der Waals surface area contributed by atoms with E-state index in [1.165, 1.54) is 4.52 Å². The molecule has 0 saturated heterocycles. The molecule has 0 saturated carbocycles. The third-order valence-corrected chi connectivity index (χ3v) is 16.6. The molecule has 111 heavy (non-hydrogen) atoms. The predicted molar refractivity (Wildman–Crippen MR) is 425 cm³/mol. The van der Waals surface area contributed by atoms with E-state index in [2.05, 4.69) is 135 Å². The first-order chi connectivity index (χ1) is 51.1. The van der Waals surface area contributed by atoms with Crippen molar-refractivity contribution in [2.45, 2.75) is 48.1 Å². The quantitative estimate of drug-likeness (QED) is 0.111. The van der Waals surface area contributed by atoms with Gasteiger partial charge in [0.15, 0.2) is 32.3 Å². The van der Waals surface area contributed by atoms with Gasteiger partial charge in [0.25, 0.3) is 0 Å². The fourth-order valence-corrected chi connectivity index (χ4v) is 11.5. The minimum atomic E-state index is -3.50. The first-order valence-electron chi connectivity index (χ1n) is 32.6. The third kappa shape index (κ3) is 20.1. The van der Waals surface area contributed by atoms with E-state index < -0.39 is 10.0 Å². The van der Waals surface area contributed by atoms with Crippen LogP contribution in [-0.4, -0.2) is 259 Å². The maximum absolute atomic E-state index is 11.2. The van der Waals surface area contributed by atoms with Crippen LogP contribution in [0.2, 0.25) is 5.15 Å². The largest absolute Gasteiger partial charge is 3.00 e. The molecule has 528 valence electrons. The van der Waals surface area contributed by atoms with Crippen LogP contribution in [0.5, 0.6) is 0 Å². The van der Waals surface area contributed by atoms with Crippen molar-refractivity contribution in [3.63, 3.8) is 0 Å². The van der Waals surface area contributed by atoms with E-state index in [9.17, 15) is 8.42 Å². The summed E-state index contributed by atoms with van der Waals surface area (Å²) in [4.78, 5) is 50.0. The van der Waals surface area contributed by atoms with Crippen LogP contribution < -0.4 is 25.6 Å². The minimum absolute atomic E-state index is 0. The van der Waals surface area contributed by atoms with E-state index in [1.807, 2.05) is 192 Å². The maximum atomic E-state index is 11.2. The van der Waals surface area contributed by atoms with Crippen molar-refractivity contribution in [1.29, 1.82) is 0 Å². The Morgan fingerprint density at radius 1 is 0.550 bits per heavy atom. The fraction of sp³-hybridized carbons (Fsp3) is 0.143. The minimum Gasteiger partial charge on any atom is -0.506 e. The Labute approximate surface area is 708 Å². The SMILES string of the molecule is CCN(CC)Cc1cn2nc(-c3ccccc3)[n-]c2n1.CS(=O)(=O)[N-]c1n[nH]n2c(-c3ccccc3)cnc12.Cc1cc(C)n(-c2cn3[n-]nc(Cl)c3n2)n1.Cc1cnc2c(-c3ccccn3)n[n-]n12.Cc1nn2cc(-c3ccccn3)nc2[n-]1.[Al+3].[Al+3].[Al+3].[Al+3].[Ga+3].[Ga+3].c1ccc(-c2c(-c3ccccn3)nc3cn[n-]n23)cc1. The van der Waals surface area contributed by atoms with Crippen LogP contribution >= 0.6 is 11.6 Å². The van der Waals surface area contributed by atoms with Crippen molar-refractivity contribution in [1.82, 2.24) is 148 Å². The van der Waals surface area contributed by atoms with Gasteiger partial charge in [-0.15, -0.1) is 0 Å². The molecule has 0 fully saturated rings. The van der Waals surface area contributed by atoms with Crippen LogP contribution in [0.25, 0.3) is 113 Å². The number of aryl methyl sites for hydroxylation is 4. The first kappa shape index (κ1) is 86.4. The van der Waals surface area contributed by atoms with Crippen LogP contribution in [0, 0.1) is 27.7 Å². The van der Waals surface area contributed by atoms with Crippen LogP contribution in [0.1, 0.15) is 42.4 Å². The number of benzene rings is 3. The second kappa shape index (κ2) is 39.1. The number of aromatic amines is 1.